The highest BCUT2D eigenvalue weighted by Gasteiger charge is 2.12. The minimum Gasteiger partial charge on any atom is -0.490 e. The second-order valence-corrected chi connectivity index (χ2v) is 7.42. The third-order valence-corrected chi connectivity index (χ3v) is 4.48. The Morgan fingerprint density at radius 3 is 2.61 bits per heavy atom. The first-order chi connectivity index (χ1) is 13.1. The van der Waals surface area contributed by atoms with Gasteiger partial charge in [0.05, 0.1) is 19.8 Å². The van der Waals surface area contributed by atoms with Crippen molar-refractivity contribution in [2.24, 2.45) is 16.8 Å². The number of aliphatic imine (C=N–C) groups is 1. The lowest BCUT2D eigenvalue weighted by Gasteiger charge is -2.20. The molecule has 0 radical (unpaired) electrons. The third kappa shape index (κ3) is 8.86. The van der Waals surface area contributed by atoms with E-state index in [-0.39, 0.29) is 30.6 Å². The van der Waals surface area contributed by atoms with E-state index in [0.717, 1.165) is 55.4 Å². The lowest BCUT2D eigenvalue weighted by Crippen LogP contribution is -2.40. The first kappa shape index (κ1) is 24.8. The maximum atomic E-state index is 9.29. The molecular weight excluding hydrogens is 469 g/mol. The number of ether oxygens (including phenoxy) is 2. The number of hydrogen-bond acceptors (Lipinski definition) is 4. The summed E-state index contributed by atoms with van der Waals surface area (Å²) in [6.45, 7) is 10.3. The van der Waals surface area contributed by atoms with E-state index >= 15 is 0 Å². The molecule has 160 valence electrons. The highest BCUT2D eigenvalue weighted by molar-refractivity contribution is 14.0. The van der Waals surface area contributed by atoms with Crippen LogP contribution < -0.4 is 20.1 Å². The molecule has 3 N–H and O–H groups in total. The van der Waals surface area contributed by atoms with Gasteiger partial charge in [-0.3, -0.25) is 0 Å². The Morgan fingerprint density at radius 1 is 1.18 bits per heavy atom. The van der Waals surface area contributed by atoms with Crippen molar-refractivity contribution in [1.29, 1.82) is 0 Å². The Morgan fingerprint density at radius 2 is 1.93 bits per heavy atom. The van der Waals surface area contributed by atoms with Gasteiger partial charge in [0.15, 0.2) is 17.5 Å². The van der Waals surface area contributed by atoms with Gasteiger partial charge in [0.25, 0.3) is 0 Å². The van der Waals surface area contributed by atoms with Gasteiger partial charge < -0.3 is 25.2 Å². The van der Waals surface area contributed by atoms with Crippen LogP contribution in [0.2, 0.25) is 0 Å². The van der Waals surface area contributed by atoms with Crippen LogP contribution in [0, 0.1) is 11.8 Å². The molecule has 0 aromatic heterocycles. The number of guanidine groups is 1. The fourth-order valence-electron chi connectivity index (χ4n) is 3.21. The van der Waals surface area contributed by atoms with Crippen molar-refractivity contribution in [3.63, 3.8) is 0 Å². The van der Waals surface area contributed by atoms with Crippen LogP contribution in [0.5, 0.6) is 11.5 Å². The molecule has 0 saturated heterocycles. The van der Waals surface area contributed by atoms with Crippen molar-refractivity contribution in [2.75, 3.05) is 32.9 Å². The lowest BCUT2D eigenvalue weighted by molar-refractivity contribution is 0.243. The number of rotatable bonds is 9. The molecule has 0 aliphatic carbocycles. The zero-order valence-corrected chi connectivity index (χ0v) is 19.7. The van der Waals surface area contributed by atoms with Gasteiger partial charge in [-0.25, -0.2) is 4.99 Å². The molecule has 7 heteroatoms. The molecule has 1 atom stereocenters. The highest BCUT2D eigenvalue weighted by Crippen LogP contribution is 2.30. The summed E-state index contributed by atoms with van der Waals surface area (Å²) in [5.41, 5.74) is 1.09. The molecule has 0 spiro atoms. The molecule has 1 aliphatic heterocycles. The summed E-state index contributed by atoms with van der Waals surface area (Å²) in [6.07, 6.45) is 2.81. The number of benzene rings is 1. The quantitative estimate of drug-likeness (QED) is 0.272. The molecule has 1 aromatic rings. The molecule has 0 bridgehead atoms. The predicted octanol–water partition coefficient (Wildman–Crippen LogP) is 3.57. The second-order valence-electron chi connectivity index (χ2n) is 7.42. The Labute approximate surface area is 186 Å². The van der Waals surface area contributed by atoms with E-state index in [1.807, 2.05) is 18.2 Å². The zero-order valence-electron chi connectivity index (χ0n) is 17.4. The summed E-state index contributed by atoms with van der Waals surface area (Å²) in [7, 11) is 0. The molecule has 1 aliphatic rings. The number of nitrogens with zero attached hydrogens (tertiary/aromatic N) is 1. The number of halogens is 1. The number of nitrogens with one attached hydrogen (secondary N) is 2. The van der Waals surface area contributed by atoms with Gasteiger partial charge in [-0.05, 0) is 49.3 Å². The molecule has 1 aromatic carbocycles. The van der Waals surface area contributed by atoms with Crippen LogP contribution in [0.15, 0.2) is 23.2 Å². The number of hydrogen-bond donors (Lipinski definition) is 3. The molecular formula is C21H36IN3O3. The molecule has 0 fully saturated rings. The summed E-state index contributed by atoms with van der Waals surface area (Å²) in [4.78, 5) is 4.70. The van der Waals surface area contributed by atoms with Gasteiger partial charge in [-0.1, -0.05) is 19.9 Å². The average molecular weight is 505 g/mol. The van der Waals surface area contributed by atoms with Crippen LogP contribution >= 0.6 is 24.0 Å². The van der Waals surface area contributed by atoms with Crippen LogP contribution in [0.3, 0.4) is 0 Å². The minimum absolute atomic E-state index is 0. The summed E-state index contributed by atoms with van der Waals surface area (Å²) in [6, 6.07) is 6.01. The Hall–Kier alpha value is -1.22. The smallest absolute Gasteiger partial charge is 0.191 e. The van der Waals surface area contributed by atoms with Gasteiger partial charge in [0, 0.05) is 26.1 Å². The average Bonchev–Trinajstić information content (AvgIpc) is 2.88. The molecule has 2 rings (SSSR count). The van der Waals surface area contributed by atoms with Crippen LogP contribution in [-0.4, -0.2) is 44.0 Å². The second kappa shape index (κ2) is 13.9. The third-order valence-electron chi connectivity index (χ3n) is 4.48. The summed E-state index contributed by atoms with van der Waals surface area (Å²) in [5.74, 6) is 3.47. The van der Waals surface area contributed by atoms with Crippen molar-refractivity contribution in [1.82, 2.24) is 10.6 Å². The molecule has 28 heavy (non-hydrogen) atoms. The number of aliphatic hydroxyl groups excluding tert-OH is 1. The van der Waals surface area contributed by atoms with Crippen molar-refractivity contribution < 1.29 is 14.6 Å². The van der Waals surface area contributed by atoms with Gasteiger partial charge in [0.2, 0.25) is 0 Å². The van der Waals surface area contributed by atoms with Gasteiger partial charge in [0.1, 0.15) is 0 Å². The Kier molecular flexibility index (Phi) is 12.3. The molecule has 1 heterocycles. The predicted molar refractivity (Wildman–Crippen MR) is 125 cm³/mol. The first-order valence-corrected chi connectivity index (χ1v) is 10.1. The van der Waals surface area contributed by atoms with Crippen molar-refractivity contribution >= 4 is 29.9 Å². The van der Waals surface area contributed by atoms with Gasteiger partial charge in [-0.15, -0.1) is 24.0 Å². The molecule has 1 unspecified atom stereocenters. The summed E-state index contributed by atoms with van der Waals surface area (Å²) < 4.78 is 11.4. The van der Waals surface area contributed by atoms with E-state index < -0.39 is 0 Å². The number of aliphatic hydroxyl groups is 1. The monoisotopic (exact) mass is 505 g/mol. The fraction of sp³-hybridized carbons (Fsp3) is 0.667. The van der Waals surface area contributed by atoms with Crippen molar-refractivity contribution in [2.45, 2.75) is 46.6 Å². The molecule has 0 saturated carbocycles. The molecule has 0 amide bonds. The van der Waals surface area contributed by atoms with Crippen LogP contribution in [0.4, 0.5) is 0 Å². The largest absolute Gasteiger partial charge is 0.490 e. The van der Waals surface area contributed by atoms with E-state index in [0.29, 0.717) is 31.6 Å². The lowest BCUT2D eigenvalue weighted by atomic mass is 9.94. The normalized spacial score (nSPS) is 14.8. The summed E-state index contributed by atoms with van der Waals surface area (Å²) in [5, 5.41) is 16.0. The summed E-state index contributed by atoms with van der Waals surface area (Å²) >= 11 is 0. The Bertz CT molecular complexity index is 596. The van der Waals surface area contributed by atoms with E-state index in [4.69, 9.17) is 14.5 Å². The van der Waals surface area contributed by atoms with E-state index in [1.165, 1.54) is 0 Å². The van der Waals surface area contributed by atoms with Crippen LogP contribution in [0.25, 0.3) is 0 Å². The van der Waals surface area contributed by atoms with Crippen molar-refractivity contribution in [3.8, 4) is 11.5 Å². The minimum atomic E-state index is 0. The fourth-order valence-corrected chi connectivity index (χ4v) is 3.21. The van der Waals surface area contributed by atoms with E-state index in [9.17, 15) is 5.11 Å². The standard InChI is InChI=1S/C21H35N3O3.HI/c1-4-22-21(24-15-18(8-9-25)12-16(2)3)23-14-17-6-7-19-20(13-17)27-11-5-10-26-19;/h6-7,13,16,18,25H,4-5,8-12,14-15H2,1-3H3,(H2,22,23,24);1H. The Balaban J connectivity index is 0.00000392. The van der Waals surface area contributed by atoms with Crippen LogP contribution in [-0.2, 0) is 6.54 Å². The number of fused-ring (bicyclic) bond motifs is 1. The first-order valence-electron chi connectivity index (χ1n) is 10.1. The van der Waals surface area contributed by atoms with Gasteiger partial charge >= 0.3 is 0 Å². The molecule has 6 nitrogen and oxygen atoms in total. The van der Waals surface area contributed by atoms with Crippen molar-refractivity contribution in [3.05, 3.63) is 23.8 Å². The van der Waals surface area contributed by atoms with Gasteiger partial charge in [-0.2, -0.15) is 0 Å². The SMILES string of the molecule is CCNC(=NCc1ccc2c(c1)OCCCO2)NCC(CCO)CC(C)C.I. The maximum Gasteiger partial charge on any atom is 0.191 e. The maximum absolute atomic E-state index is 9.29. The highest BCUT2D eigenvalue weighted by atomic mass is 127. The van der Waals surface area contributed by atoms with Crippen LogP contribution in [0.1, 0.15) is 45.6 Å². The van der Waals surface area contributed by atoms with E-state index in [1.54, 1.807) is 0 Å². The zero-order chi connectivity index (χ0) is 19.5. The van der Waals surface area contributed by atoms with E-state index in [2.05, 4.69) is 31.4 Å². The topological polar surface area (TPSA) is 75.1 Å².